The molecular weight excluding hydrogens is 371 g/mol. The maximum atomic E-state index is 12.7. The van der Waals surface area contributed by atoms with Gasteiger partial charge in [-0.2, -0.15) is 13.2 Å². The van der Waals surface area contributed by atoms with Gasteiger partial charge in [-0.25, -0.2) is 0 Å². The fourth-order valence-electron chi connectivity index (χ4n) is 2.15. The smallest absolute Gasteiger partial charge is 0.416 e. The minimum Gasteiger partial charge on any atom is -0.497 e. The predicted molar refractivity (Wildman–Crippen MR) is 88.7 cm³/mol. The summed E-state index contributed by atoms with van der Waals surface area (Å²) in [7, 11) is 2.74. The summed E-state index contributed by atoms with van der Waals surface area (Å²) >= 11 is 0. The Morgan fingerprint density at radius 1 is 1.11 bits per heavy atom. The lowest BCUT2D eigenvalue weighted by molar-refractivity contribution is -0.384. The number of amides is 1. The van der Waals surface area contributed by atoms with Gasteiger partial charge in [0, 0.05) is 6.07 Å². The van der Waals surface area contributed by atoms with E-state index in [9.17, 15) is 28.1 Å². The number of nitro groups is 1. The van der Waals surface area contributed by atoms with Gasteiger partial charge in [0.2, 0.25) is 0 Å². The van der Waals surface area contributed by atoms with Crippen LogP contribution in [0.2, 0.25) is 0 Å². The van der Waals surface area contributed by atoms with E-state index in [4.69, 9.17) is 9.47 Å². The molecule has 0 aliphatic carbocycles. The van der Waals surface area contributed by atoms with E-state index in [1.54, 1.807) is 6.07 Å². The fourth-order valence-corrected chi connectivity index (χ4v) is 2.15. The van der Waals surface area contributed by atoms with Crippen molar-refractivity contribution in [2.24, 2.45) is 0 Å². The number of hydrogen-bond acceptors (Lipinski definition) is 6. The average molecular weight is 385 g/mol. The highest BCUT2D eigenvalue weighted by Crippen LogP contribution is 2.34. The summed E-state index contributed by atoms with van der Waals surface area (Å²) in [5.41, 5.74) is 2.15. The summed E-state index contributed by atoms with van der Waals surface area (Å²) in [5, 5.41) is 11.0. The van der Waals surface area contributed by atoms with Crippen molar-refractivity contribution in [3.8, 4) is 11.5 Å². The first-order valence-corrected chi connectivity index (χ1v) is 7.31. The number of rotatable bonds is 6. The first-order valence-electron chi connectivity index (χ1n) is 7.31. The highest BCUT2D eigenvalue weighted by molar-refractivity contribution is 5.98. The average Bonchev–Trinajstić information content (AvgIpc) is 2.64. The number of nitrogens with one attached hydrogen (secondary N) is 2. The molecule has 0 unspecified atom stereocenters. The van der Waals surface area contributed by atoms with Crippen molar-refractivity contribution >= 4 is 17.3 Å². The maximum absolute atomic E-state index is 12.7. The molecule has 0 atom stereocenters. The molecule has 144 valence electrons. The van der Waals surface area contributed by atoms with E-state index in [-0.39, 0.29) is 17.0 Å². The van der Waals surface area contributed by atoms with E-state index in [2.05, 4.69) is 10.9 Å². The van der Waals surface area contributed by atoms with Crippen molar-refractivity contribution in [1.29, 1.82) is 0 Å². The molecule has 0 bridgehead atoms. The summed E-state index contributed by atoms with van der Waals surface area (Å²) in [4.78, 5) is 22.4. The number of ether oxygens (including phenoxy) is 2. The minimum atomic E-state index is -4.74. The van der Waals surface area contributed by atoms with E-state index in [1.165, 1.54) is 26.4 Å². The van der Waals surface area contributed by atoms with Gasteiger partial charge in [-0.1, -0.05) is 0 Å². The molecule has 0 heterocycles. The number of carbonyl (C=O) groups is 1. The molecule has 0 aliphatic rings. The largest absolute Gasteiger partial charge is 0.497 e. The third-order valence-corrected chi connectivity index (χ3v) is 3.48. The molecule has 1 amide bonds. The Labute approximate surface area is 151 Å². The predicted octanol–water partition coefficient (Wildman–Crippen LogP) is 3.39. The monoisotopic (exact) mass is 385 g/mol. The highest BCUT2D eigenvalue weighted by Gasteiger charge is 2.33. The van der Waals surface area contributed by atoms with Crippen molar-refractivity contribution in [2.45, 2.75) is 6.18 Å². The van der Waals surface area contributed by atoms with Crippen LogP contribution in [0.3, 0.4) is 0 Å². The zero-order valence-electron chi connectivity index (χ0n) is 14.1. The molecule has 0 fully saturated rings. The molecule has 11 heteroatoms. The first kappa shape index (κ1) is 19.8. The van der Waals surface area contributed by atoms with Gasteiger partial charge in [0.15, 0.2) is 0 Å². The third kappa shape index (κ3) is 4.57. The lowest BCUT2D eigenvalue weighted by Gasteiger charge is -2.13. The summed E-state index contributed by atoms with van der Waals surface area (Å²) in [6, 6.07) is 6.30. The first-order chi connectivity index (χ1) is 12.7. The summed E-state index contributed by atoms with van der Waals surface area (Å²) in [5.74, 6) is -0.168. The second-order valence-electron chi connectivity index (χ2n) is 5.13. The summed E-state index contributed by atoms with van der Waals surface area (Å²) < 4.78 is 48.2. The Balaban J connectivity index is 2.26. The molecule has 0 aliphatic heterocycles. The topological polar surface area (TPSA) is 103 Å². The van der Waals surface area contributed by atoms with Crippen LogP contribution in [-0.4, -0.2) is 25.1 Å². The zero-order chi connectivity index (χ0) is 20.2. The number of nitrogens with zero attached hydrogens (tertiary/aromatic N) is 1. The van der Waals surface area contributed by atoms with Crippen molar-refractivity contribution in [3.63, 3.8) is 0 Å². The second kappa shape index (κ2) is 7.81. The number of nitro benzene ring substituents is 1. The standard InChI is InChI=1S/C16H14F3N3O5/c1-26-10-4-6-14(27-2)11(8-10)15(23)21-20-12-5-3-9(16(17,18)19)7-13(12)22(24)25/h3-8,20H,1-2H3,(H,21,23). The van der Waals surface area contributed by atoms with Crippen LogP contribution in [0.25, 0.3) is 0 Å². The van der Waals surface area contributed by atoms with Crippen LogP contribution in [0, 0.1) is 10.1 Å². The van der Waals surface area contributed by atoms with Gasteiger partial charge in [-0.15, -0.1) is 0 Å². The third-order valence-electron chi connectivity index (χ3n) is 3.48. The van der Waals surface area contributed by atoms with Gasteiger partial charge in [0.25, 0.3) is 11.6 Å². The number of hydrazine groups is 1. The van der Waals surface area contributed by atoms with Gasteiger partial charge in [0.1, 0.15) is 17.2 Å². The Hall–Kier alpha value is -3.50. The van der Waals surface area contributed by atoms with Gasteiger partial charge >= 0.3 is 6.18 Å². The molecule has 0 radical (unpaired) electrons. The second-order valence-corrected chi connectivity index (χ2v) is 5.13. The van der Waals surface area contributed by atoms with Crippen LogP contribution in [0.5, 0.6) is 11.5 Å². The van der Waals surface area contributed by atoms with Gasteiger partial charge in [-0.3, -0.25) is 25.8 Å². The number of benzene rings is 2. The van der Waals surface area contributed by atoms with Crippen LogP contribution in [0.15, 0.2) is 36.4 Å². The van der Waals surface area contributed by atoms with Crippen molar-refractivity contribution in [1.82, 2.24) is 5.43 Å². The molecule has 2 aromatic rings. The molecule has 0 saturated carbocycles. The van der Waals surface area contributed by atoms with E-state index in [0.29, 0.717) is 17.9 Å². The van der Waals surface area contributed by atoms with E-state index < -0.39 is 28.3 Å². The number of halogens is 3. The lowest BCUT2D eigenvalue weighted by Crippen LogP contribution is -2.30. The Morgan fingerprint density at radius 3 is 2.37 bits per heavy atom. The van der Waals surface area contributed by atoms with Crippen LogP contribution in [-0.2, 0) is 6.18 Å². The van der Waals surface area contributed by atoms with E-state index >= 15 is 0 Å². The zero-order valence-corrected chi connectivity index (χ0v) is 14.1. The molecule has 27 heavy (non-hydrogen) atoms. The quantitative estimate of drug-likeness (QED) is 0.584. The van der Waals surface area contributed by atoms with Crippen molar-refractivity contribution in [2.75, 3.05) is 19.6 Å². The van der Waals surface area contributed by atoms with Gasteiger partial charge in [-0.05, 0) is 30.3 Å². The SMILES string of the molecule is COc1ccc(OC)c(C(=O)NNc2ccc(C(F)(F)F)cc2[N+](=O)[O-])c1. The normalized spacial score (nSPS) is 10.9. The molecular formula is C16H14F3N3O5. The number of anilines is 1. The highest BCUT2D eigenvalue weighted by atomic mass is 19.4. The van der Waals surface area contributed by atoms with E-state index in [0.717, 1.165) is 6.07 Å². The van der Waals surface area contributed by atoms with E-state index in [1.807, 2.05) is 0 Å². The number of alkyl halides is 3. The lowest BCUT2D eigenvalue weighted by atomic mass is 10.1. The minimum absolute atomic E-state index is 0.0546. The number of methoxy groups -OCH3 is 2. The summed E-state index contributed by atoms with van der Waals surface area (Å²) in [6.45, 7) is 0. The van der Waals surface area contributed by atoms with Crippen molar-refractivity contribution in [3.05, 3.63) is 57.6 Å². The van der Waals surface area contributed by atoms with Crippen LogP contribution in [0.4, 0.5) is 24.5 Å². The van der Waals surface area contributed by atoms with Crippen molar-refractivity contribution < 1.29 is 32.4 Å². The maximum Gasteiger partial charge on any atom is 0.416 e. The Bertz CT molecular complexity index is 871. The molecule has 8 nitrogen and oxygen atoms in total. The number of carbonyl (C=O) groups excluding carboxylic acids is 1. The van der Waals surface area contributed by atoms with Gasteiger partial charge < -0.3 is 9.47 Å². The molecule has 2 N–H and O–H groups in total. The molecule has 0 spiro atoms. The Kier molecular flexibility index (Phi) is 5.73. The van der Waals surface area contributed by atoms with Crippen LogP contribution >= 0.6 is 0 Å². The Morgan fingerprint density at radius 2 is 1.81 bits per heavy atom. The van der Waals surface area contributed by atoms with Gasteiger partial charge in [0.05, 0.1) is 30.3 Å². The van der Waals surface area contributed by atoms with Crippen LogP contribution in [0.1, 0.15) is 15.9 Å². The number of hydrogen-bond donors (Lipinski definition) is 2. The summed E-state index contributed by atoms with van der Waals surface area (Å²) in [6.07, 6.45) is -4.74. The molecule has 0 aromatic heterocycles. The van der Waals surface area contributed by atoms with Crippen LogP contribution < -0.4 is 20.3 Å². The fraction of sp³-hybridized carbons (Fsp3) is 0.188. The molecule has 2 rings (SSSR count). The molecule has 0 saturated heterocycles. The molecule has 2 aromatic carbocycles.